The fourth-order valence-electron chi connectivity index (χ4n) is 1.97. The van der Waals surface area contributed by atoms with Gasteiger partial charge in [-0.2, -0.15) is 0 Å². The summed E-state index contributed by atoms with van der Waals surface area (Å²) in [6, 6.07) is 7.71. The van der Waals surface area contributed by atoms with Crippen LogP contribution in [0.5, 0.6) is 5.75 Å². The molecule has 0 spiro atoms. The number of methoxy groups -OCH3 is 1. The molecule has 0 aliphatic heterocycles. The predicted octanol–water partition coefficient (Wildman–Crippen LogP) is 1.98. The van der Waals surface area contributed by atoms with Gasteiger partial charge in [0.25, 0.3) is 11.6 Å². The van der Waals surface area contributed by atoms with Gasteiger partial charge in [-0.3, -0.25) is 14.9 Å². The van der Waals surface area contributed by atoms with Gasteiger partial charge in [0, 0.05) is 22.2 Å². The van der Waals surface area contributed by atoms with Crippen LogP contribution < -0.4 is 15.2 Å². The number of nitrogens with one attached hydrogen (secondary N) is 1. The van der Waals surface area contributed by atoms with Crippen LogP contribution in [0.15, 0.2) is 40.9 Å². The van der Waals surface area contributed by atoms with Crippen LogP contribution in [0.2, 0.25) is 0 Å². The van der Waals surface area contributed by atoms with E-state index in [1.165, 1.54) is 37.4 Å². The first-order valence-electron chi connectivity index (χ1n) is 6.48. The van der Waals surface area contributed by atoms with Crippen LogP contribution in [-0.2, 0) is 0 Å². The Kier molecular flexibility index (Phi) is 5.14. The van der Waals surface area contributed by atoms with Crippen molar-refractivity contribution in [3.8, 4) is 5.75 Å². The summed E-state index contributed by atoms with van der Waals surface area (Å²) in [4.78, 5) is 33.8. The van der Waals surface area contributed by atoms with Gasteiger partial charge in [0.2, 0.25) is 0 Å². The summed E-state index contributed by atoms with van der Waals surface area (Å²) in [5.74, 6) is -2.11. The Bertz CT molecular complexity index is 837. The molecule has 1 amide bonds. The molecule has 0 fully saturated rings. The normalized spacial score (nSPS) is 10.1. The third kappa shape index (κ3) is 3.69. The molecule has 0 unspecified atom stereocenters. The van der Waals surface area contributed by atoms with Crippen LogP contribution in [0, 0.1) is 10.1 Å². The second-order valence-electron chi connectivity index (χ2n) is 4.57. The summed E-state index contributed by atoms with van der Waals surface area (Å²) < 4.78 is 5.51. The highest BCUT2D eigenvalue weighted by molar-refractivity contribution is 9.10. The Morgan fingerprint density at radius 2 is 1.88 bits per heavy atom. The number of aromatic carboxylic acids is 1. The number of amides is 1. The summed E-state index contributed by atoms with van der Waals surface area (Å²) >= 11 is 3.13. The summed E-state index contributed by atoms with van der Waals surface area (Å²) in [6.07, 6.45) is 0. The largest absolute Gasteiger partial charge is 0.545 e. The molecule has 8 nitrogen and oxygen atoms in total. The number of anilines is 1. The molecule has 0 aliphatic rings. The average Bonchev–Trinajstić information content (AvgIpc) is 2.55. The Hall–Kier alpha value is -2.94. The van der Waals surface area contributed by atoms with Crippen molar-refractivity contribution in [2.24, 2.45) is 0 Å². The standard InChI is InChI=1S/C15H11BrN2O6/c1-24-13-5-3-9(18(22)23)7-11(13)14(19)17-12-4-2-8(16)6-10(12)15(20)21/h2-7H,1H3,(H,17,19)(H,20,21)/p-1. The number of non-ortho nitro benzene ring substituents is 1. The minimum atomic E-state index is -1.47. The number of nitro groups is 1. The van der Waals surface area contributed by atoms with E-state index in [-0.39, 0.29) is 28.3 Å². The molecular weight excluding hydrogens is 384 g/mol. The lowest BCUT2D eigenvalue weighted by atomic mass is 10.1. The minimum Gasteiger partial charge on any atom is -0.545 e. The van der Waals surface area contributed by atoms with Gasteiger partial charge in [-0.05, 0) is 24.3 Å². The fourth-order valence-corrected chi connectivity index (χ4v) is 2.33. The Morgan fingerprint density at radius 1 is 1.17 bits per heavy atom. The maximum absolute atomic E-state index is 12.4. The van der Waals surface area contributed by atoms with Crippen molar-refractivity contribution in [1.82, 2.24) is 0 Å². The lowest BCUT2D eigenvalue weighted by Crippen LogP contribution is -2.25. The highest BCUT2D eigenvalue weighted by atomic mass is 79.9. The third-order valence-electron chi connectivity index (χ3n) is 3.09. The monoisotopic (exact) mass is 393 g/mol. The second kappa shape index (κ2) is 7.09. The number of rotatable bonds is 5. The van der Waals surface area contributed by atoms with E-state index in [1.54, 1.807) is 0 Å². The molecule has 0 heterocycles. The SMILES string of the molecule is COc1ccc([N+](=O)[O-])cc1C(=O)Nc1ccc(Br)cc1C(=O)[O-]. The van der Waals surface area contributed by atoms with E-state index in [2.05, 4.69) is 21.2 Å². The number of carboxylic acids is 1. The smallest absolute Gasteiger partial charge is 0.270 e. The zero-order valence-corrected chi connectivity index (χ0v) is 13.8. The zero-order chi connectivity index (χ0) is 17.9. The number of carbonyl (C=O) groups is 2. The third-order valence-corrected chi connectivity index (χ3v) is 3.58. The molecule has 0 radical (unpaired) electrons. The van der Waals surface area contributed by atoms with Crippen molar-refractivity contribution in [2.75, 3.05) is 12.4 Å². The van der Waals surface area contributed by atoms with Gasteiger partial charge in [-0.25, -0.2) is 0 Å². The van der Waals surface area contributed by atoms with Crippen molar-refractivity contribution >= 4 is 39.2 Å². The van der Waals surface area contributed by atoms with Gasteiger partial charge in [0.1, 0.15) is 5.75 Å². The number of carboxylic acid groups (broad SMARTS) is 1. The van der Waals surface area contributed by atoms with E-state index < -0.39 is 16.8 Å². The number of carbonyl (C=O) groups excluding carboxylic acids is 2. The first kappa shape index (κ1) is 17.4. The molecular formula is C15H10BrN2O6-. The van der Waals surface area contributed by atoms with Crippen molar-refractivity contribution in [2.45, 2.75) is 0 Å². The zero-order valence-electron chi connectivity index (χ0n) is 12.2. The average molecular weight is 394 g/mol. The maximum atomic E-state index is 12.4. The number of hydrogen-bond acceptors (Lipinski definition) is 6. The van der Waals surface area contributed by atoms with Crippen LogP contribution in [-0.4, -0.2) is 23.9 Å². The fraction of sp³-hybridized carbons (Fsp3) is 0.0667. The minimum absolute atomic E-state index is 0.00300. The summed E-state index contributed by atoms with van der Waals surface area (Å²) in [6.45, 7) is 0. The number of halogens is 1. The van der Waals surface area contributed by atoms with E-state index in [0.717, 1.165) is 6.07 Å². The number of benzene rings is 2. The molecule has 2 aromatic rings. The predicted molar refractivity (Wildman–Crippen MR) is 86.1 cm³/mol. The quantitative estimate of drug-likeness (QED) is 0.611. The van der Waals surface area contributed by atoms with Crippen LogP contribution in [0.3, 0.4) is 0 Å². The van der Waals surface area contributed by atoms with Crippen LogP contribution in [0.1, 0.15) is 20.7 Å². The summed E-state index contributed by atoms with van der Waals surface area (Å²) in [5, 5.41) is 24.4. The highest BCUT2D eigenvalue weighted by Gasteiger charge is 2.18. The molecule has 0 aliphatic carbocycles. The van der Waals surface area contributed by atoms with Crippen LogP contribution in [0.4, 0.5) is 11.4 Å². The lowest BCUT2D eigenvalue weighted by Gasteiger charge is -2.13. The molecule has 2 rings (SSSR count). The second-order valence-corrected chi connectivity index (χ2v) is 5.49. The molecule has 24 heavy (non-hydrogen) atoms. The molecule has 0 atom stereocenters. The first-order valence-corrected chi connectivity index (χ1v) is 7.27. The van der Waals surface area contributed by atoms with Gasteiger partial charge in [0.05, 0.1) is 29.3 Å². The van der Waals surface area contributed by atoms with E-state index in [9.17, 15) is 24.8 Å². The molecule has 1 N–H and O–H groups in total. The van der Waals surface area contributed by atoms with E-state index in [0.29, 0.717) is 4.47 Å². The lowest BCUT2D eigenvalue weighted by molar-refractivity contribution is -0.384. The van der Waals surface area contributed by atoms with Crippen molar-refractivity contribution in [3.05, 3.63) is 62.1 Å². The molecule has 9 heteroatoms. The van der Waals surface area contributed by atoms with Crippen molar-refractivity contribution < 1.29 is 24.4 Å². The van der Waals surface area contributed by atoms with E-state index >= 15 is 0 Å². The molecule has 0 saturated carbocycles. The number of ether oxygens (including phenoxy) is 1. The van der Waals surface area contributed by atoms with Crippen LogP contribution >= 0.6 is 15.9 Å². The van der Waals surface area contributed by atoms with Gasteiger partial charge in [-0.1, -0.05) is 15.9 Å². The van der Waals surface area contributed by atoms with Crippen molar-refractivity contribution in [3.63, 3.8) is 0 Å². The molecule has 0 bridgehead atoms. The van der Waals surface area contributed by atoms with E-state index in [4.69, 9.17) is 4.74 Å². The van der Waals surface area contributed by atoms with Gasteiger partial charge >= 0.3 is 0 Å². The summed E-state index contributed by atoms with van der Waals surface area (Å²) in [5.41, 5.74) is -0.630. The molecule has 0 saturated heterocycles. The number of hydrogen-bond donors (Lipinski definition) is 1. The topological polar surface area (TPSA) is 122 Å². The highest BCUT2D eigenvalue weighted by Crippen LogP contribution is 2.26. The molecule has 124 valence electrons. The number of nitrogens with zero attached hydrogens (tertiary/aromatic N) is 1. The Labute approximate surface area is 144 Å². The molecule has 0 aromatic heterocycles. The number of nitro benzene ring substituents is 1. The Morgan fingerprint density at radius 3 is 2.46 bits per heavy atom. The first-order chi connectivity index (χ1) is 11.3. The summed E-state index contributed by atoms with van der Waals surface area (Å²) in [7, 11) is 1.31. The molecule has 2 aromatic carbocycles. The van der Waals surface area contributed by atoms with Crippen molar-refractivity contribution in [1.29, 1.82) is 0 Å². The maximum Gasteiger partial charge on any atom is 0.270 e. The van der Waals surface area contributed by atoms with E-state index in [1.807, 2.05) is 0 Å². The van der Waals surface area contributed by atoms with Gasteiger partial charge in [-0.15, -0.1) is 0 Å². The van der Waals surface area contributed by atoms with Gasteiger partial charge in [0.15, 0.2) is 0 Å². The van der Waals surface area contributed by atoms with Gasteiger partial charge < -0.3 is 20.0 Å². The Balaban J connectivity index is 2.42. The van der Waals surface area contributed by atoms with Crippen LogP contribution in [0.25, 0.3) is 0 Å².